The molecule has 1 N–H and O–H groups in total. The number of nitrogens with one attached hydrogen (secondary N) is 1. The summed E-state index contributed by atoms with van der Waals surface area (Å²) < 4.78 is 5.15. The molecule has 5 heteroatoms. The van der Waals surface area contributed by atoms with E-state index >= 15 is 0 Å². The summed E-state index contributed by atoms with van der Waals surface area (Å²) in [4.78, 5) is 15.9. The van der Waals surface area contributed by atoms with E-state index in [0.29, 0.717) is 6.61 Å². The van der Waals surface area contributed by atoms with Crippen molar-refractivity contribution in [1.82, 2.24) is 10.2 Å². The first kappa shape index (κ1) is 13.1. The van der Waals surface area contributed by atoms with E-state index in [1.807, 2.05) is 11.0 Å². The van der Waals surface area contributed by atoms with Crippen molar-refractivity contribution in [3.8, 4) is 0 Å². The second-order valence-corrected chi connectivity index (χ2v) is 6.47. The minimum Gasteiger partial charge on any atom is -0.385 e. The van der Waals surface area contributed by atoms with E-state index < -0.39 is 0 Å². The number of thiophene rings is 1. The van der Waals surface area contributed by atoms with Crippen molar-refractivity contribution in [1.29, 1.82) is 0 Å². The summed E-state index contributed by atoms with van der Waals surface area (Å²) in [7, 11) is 1.70. The van der Waals surface area contributed by atoms with Gasteiger partial charge in [-0.1, -0.05) is 6.07 Å². The van der Waals surface area contributed by atoms with Gasteiger partial charge >= 0.3 is 0 Å². The normalized spacial score (nSPS) is 26.1. The first-order valence-electron chi connectivity index (χ1n) is 6.81. The molecule has 1 aliphatic carbocycles. The fourth-order valence-electron chi connectivity index (χ4n) is 2.78. The van der Waals surface area contributed by atoms with Gasteiger partial charge in [0.2, 0.25) is 5.91 Å². The number of hydrogen-bond acceptors (Lipinski definition) is 4. The highest BCUT2D eigenvalue weighted by Crippen LogP contribution is 2.47. The molecular formula is C14H20N2O2S. The van der Waals surface area contributed by atoms with Crippen molar-refractivity contribution in [3.63, 3.8) is 0 Å². The standard InChI is InChI=1S/C14H20N2O2S/c1-10(5-8-18-2)16-12(11-4-3-9-19-11)15-14(6-7-14)13(16)17/h3-4,9-10,12,15H,5-8H2,1-2H3. The third-order valence-electron chi connectivity index (χ3n) is 4.11. The van der Waals surface area contributed by atoms with Crippen LogP contribution in [0.1, 0.15) is 37.2 Å². The Morgan fingerprint density at radius 1 is 1.63 bits per heavy atom. The Bertz CT molecular complexity index is 456. The Balaban J connectivity index is 1.83. The number of nitrogens with zero attached hydrogens (tertiary/aromatic N) is 1. The molecule has 1 saturated heterocycles. The highest BCUT2D eigenvalue weighted by molar-refractivity contribution is 7.10. The van der Waals surface area contributed by atoms with Crippen LogP contribution in [0.15, 0.2) is 17.5 Å². The molecule has 2 unspecified atom stereocenters. The molecule has 4 nitrogen and oxygen atoms in total. The minimum atomic E-state index is -0.254. The van der Waals surface area contributed by atoms with Crippen molar-refractivity contribution in [2.45, 2.75) is 43.9 Å². The molecular weight excluding hydrogens is 260 g/mol. The highest BCUT2D eigenvalue weighted by Gasteiger charge is 2.60. The van der Waals surface area contributed by atoms with Gasteiger partial charge in [0.05, 0.1) is 0 Å². The maximum absolute atomic E-state index is 12.6. The number of hydrogen-bond donors (Lipinski definition) is 1. The molecule has 19 heavy (non-hydrogen) atoms. The van der Waals surface area contributed by atoms with E-state index in [4.69, 9.17) is 4.74 Å². The van der Waals surface area contributed by atoms with Gasteiger partial charge in [0.15, 0.2) is 0 Å². The minimum absolute atomic E-state index is 0.0434. The summed E-state index contributed by atoms with van der Waals surface area (Å²) >= 11 is 1.71. The molecule has 3 rings (SSSR count). The summed E-state index contributed by atoms with van der Waals surface area (Å²) in [5.74, 6) is 0.273. The van der Waals surface area contributed by atoms with Gasteiger partial charge in [-0.15, -0.1) is 11.3 Å². The predicted octanol–water partition coefficient (Wildman–Crippen LogP) is 2.14. The maximum atomic E-state index is 12.6. The monoisotopic (exact) mass is 280 g/mol. The molecule has 0 aromatic carbocycles. The van der Waals surface area contributed by atoms with Crippen LogP contribution in [-0.2, 0) is 9.53 Å². The molecule has 1 aromatic heterocycles. The maximum Gasteiger partial charge on any atom is 0.244 e. The van der Waals surface area contributed by atoms with E-state index in [-0.39, 0.29) is 23.7 Å². The summed E-state index contributed by atoms with van der Waals surface area (Å²) in [6.07, 6.45) is 2.87. The Labute approximate surface area is 117 Å². The van der Waals surface area contributed by atoms with Gasteiger partial charge in [-0.25, -0.2) is 0 Å². The molecule has 2 atom stereocenters. The van der Waals surface area contributed by atoms with Gasteiger partial charge in [-0.05, 0) is 37.6 Å². The van der Waals surface area contributed by atoms with Crippen LogP contribution in [-0.4, -0.2) is 36.1 Å². The zero-order chi connectivity index (χ0) is 13.5. The molecule has 2 aliphatic rings. The Hall–Kier alpha value is -0.910. The zero-order valence-corrected chi connectivity index (χ0v) is 12.2. The Morgan fingerprint density at radius 2 is 2.42 bits per heavy atom. The van der Waals surface area contributed by atoms with Crippen LogP contribution in [0.3, 0.4) is 0 Å². The SMILES string of the molecule is COCCC(C)N1C(=O)C2(CC2)NC1c1cccs1. The highest BCUT2D eigenvalue weighted by atomic mass is 32.1. The molecule has 1 aliphatic heterocycles. The van der Waals surface area contributed by atoms with E-state index in [1.165, 1.54) is 4.88 Å². The van der Waals surface area contributed by atoms with Crippen LogP contribution in [0.25, 0.3) is 0 Å². The van der Waals surface area contributed by atoms with E-state index in [2.05, 4.69) is 23.7 Å². The van der Waals surface area contributed by atoms with Crippen molar-refractivity contribution < 1.29 is 9.53 Å². The third kappa shape index (κ3) is 2.20. The van der Waals surface area contributed by atoms with Crippen LogP contribution in [0, 0.1) is 0 Å². The Morgan fingerprint density at radius 3 is 3.00 bits per heavy atom. The predicted molar refractivity (Wildman–Crippen MR) is 75.0 cm³/mol. The first-order valence-corrected chi connectivity index (χ1v) is 7.69. The van der Waals surface area contributed by atoms with Crippen LogP contribution in [0.5, 0.6) is 0 Å². The summed E-state index contributed by atoms with van der Waals surface area (Å²) in [6, 6.07) is 4.35. The lowest BCUT2D eigenvalue weighted by atomic mass is 10.2. The molecule has 0 radical (unpaired) electrons. The molecule has 2 fully saturated rings. The second kappa shape index (κ2) is 4.89. The first-order chi connectivity index (χ1) is 9.18. The molecule has 104 valence electrons. The quantitative estimate of drug-likeness (QED) is 0.898. The molecule has 1 saturated carbocycles. The van der Waals surface area contributed by atoms with Crippen molar-refractivity contribution in [2.24, 2.45) is 0 Å². The van der Waals surface area contributed by atoms with Crippen molar-refractivity contribution in [3.05, 3.63) is 22.4 Å². The lowest BCUT2D eigenvalue weighted by Gasteiger charge is -2.29. The lowest BCUT2D eigenvalue weighted by molar-refractivity contribution is -0.133. The van der Waals surface area contributed by atoms with Crippen LogP contribution >= 0.6 is 11.3 Å². The molecule has 1 spiro atoms. The second-order valence-electron chi connectivity index (χ2n) is 5.49. The summed E-state index contributed by atoms with van der Waals surface area (Å²) in [5, 5.41) is 5.61. The fraction of sp³-hybridized carbons (Fsp3) is 0.643. The van der Waals surface area contributed by atoms with Crippen molar-refractivity contribution >= 4 is 17.2 Å². The fourth-order valence-corrected chi connectivity index (χ4v) is 3.55. The smallest absolute Gasteiger partial charge is 0.244 e. The summed E-state index contributed by atoms with van der Waals surface area (Å²) in [6.45, 7) is 2.80. The number of methoxy groups -OCH3 is 1. The zero-order valence-electron chi connectivity index (χ0n) is 11.4. The van der Waals surface area contributed by atoms with Crippen LogP contribution in [0.2, 0.25) is 0 Å². The van der Waals surface area contributed by atoms with E-state index in [1.54, 1.807) is 18.4 Å². The number of rotatable bonds is 5. The average Bonchev–Trinajstić information content (AvgIpc) is 2.87. The van der Waals surface area contributed by atoms with Crippen LogP contribution in [0.4, 0.5) is 0 Å². The van der Waals surface area contributed by atoms with Crippen molar-refractivity contribution in [2.75, 3.05) is 13.7 Å². The van der Waals surface area contributed by atoms with Gasteiger partial charge in [0, 0.05) is 24.6 Å². The average molecular weight is 280 g/mol. The van der Waals surface area contributed by atoms with Gasteiger partial charge in [-0.2, -0.15) is 0 Å². The third-order valence-corrected chi connectivity index (χ3v) is 5.04. The van der Waals surface area contributed by atoms with Gasteiger partial charge in [0.1, 0.15) is 11.7 Å². The van der Waals surface area contributed by atoms with Crippen LogP contribution < -0.4 is 5.32 Å². The van der Waals surface area contributed by atoms with Gasteiger partial charge in [-0.3, -0.25) is 10.1 Å². The van der Waals surface area contributed by atoms with Gasteiger partial charge < -0.3 is 9.64 Å². The number of carbonyl (C=O) groups excluding carboxylic acids is 1. The molecule has 1 amide bonds. The topological polar surface area (TPSA) is 41.6 Å². The lowest BCUT2D eigenvalue weighted by Crippen LogP contribution is -2.39. The largest absolute Gasteiger partial charge is 0.385 e. The Kier molecular flexibility index (Phi) is 3.37. The molecule has 0 bridgehead atoms. The number of ether oxygens (including phenoxy) is 1. The van der Waals surface area contributed by atoms with E-state index in [0.717, 1.165) is 19.3 Å². The van der Waals surface area contributed by atoms with E-state index in [9.17, 15) is 4.79 Å². The van der Waals surface area contributed by atoms with Gasteiger partial charge in [0.25, 0.3) is 0 Å². The molecule has 2 heterocycles. The number of amides is 1. The molecule has 1 aromatic rings. The number of carbonyl (C=O) groups is 1. The summed E-state index contributed by atoms with van der Waals surface area (Å²) in [5.41, 5.74) is -0.254.